The molecule has 3 nitrogen and oxygen atoms in total. The molecule has 0 heterocycles. The van der Waals surface area contributed by atoms with Crippen molar-refractivity contribution in [2.45, 2.75) is 40.7 Å². The van der Waals surface area contributed by atoms with Gasteiger partial charge in [0, 0.05) is 13.2 Å². The van der Waals surface area contributed by atoms with Gasteiger partial charge in [-0.05, 0) is 32.1 Å². The molecule has 0 aromatic carbocycles. The Morgan fingerprint density at radius 3 is 2.53 bits per heavy atom. The molecule has 0 unspecified atom stereocenters. The second kappa shape index (κ2) is 5.21. The van der Waals surface area contributed by atoms with Crippen LogP contribution < -0.4 is 5.32 Å². The van der Waals surface area contributed by atoms with Crippen LogP contribution in [0, 0.1) is 17.3 Å². The molecule has 98 valence electrons. The summed E-state index contributed by atoms with van der Waals surface area (Å²) in [5, 5.41) is 3.01. The van der Waals surface area contributed by atoms with E-state index < -0.39 is 0 Å². The fraction of sp³-hybridized carbons (Fsp3) is 0.786. The Balaban J connectivity index is 2.57. The van der Waals surface area contributed by atoms with Crippen molar-refractivity contribution < 1.29 is 9.53 Å². The molecule has 0 bridgehead atoms. The zero-order valence-corrected chi connectivity index (χ0v) is 11.8. The summed E-state index contributed by atoms with van der Waals surface area (Å²) in [5.74, 6) is 0.640. The first kappa shape index (κ1) is 14.2. The van der Waals surface area contributed by atoms with E-state index >= 15 is 0 Å². The Hall–Kier alpha value is -0.830. The average molecular weight is 239 g/mol. The lowest BCUT2D eigenvalue weighted by molar-refractivity contribution is -0.124. The summed E-state index contributed by atoms with van der Waals surface area (Å²) < 4.78 is 5.02. The number of allylic oxidation sites excluding steroid dienone is 2. The largest absolute Gasteiger partial charge is 0.383 e. The van der Waals surface area contributed by atoms with E-state index in [1.54, 1.807) is 7.11 Å². The summed E-state index contributed by atoms with van der Waals surface area (Å²) >= 11 is 0. The summed E-state index contributed by atoms with van der Waals surface area (Å²) in [5.41, 5.74) is 1.37. The highest BCUT2D eigenvalue weighted by Gasteiger charge is 2.60. The minimum absolute atomic E-state index is 0.0799. The third kappa shape index (κ3) is 3.32. The summed E-state index contributed by atoms with van der Waals surface area (Å²) in [4.78, 5) is 12.1. The third-order valence-corrected chi connectivity index (χ3v) is 3.51. The molecule has 1 aliphatic rings. The van der Waals surface area contributed by atoms with E-state index in [9.17, 15) is 4.79 Å². The van der Waals surface area contributed by atoms with Crippen molar-refractivity contribution in [3.05, 3.63) is 11.6 Å². The van der Waals surface area contributed by atoms with E-state index in [1.165, 1.54) is 5.57 Å². The Kier molecular flexibility index (Phi) is 4.36. The monoisotopic (exact) mass is 239 g/mol. The van der Waals surface area contributed by atoms with E-state index in [4.69, 9.17) is 4.74 Å². The molecule has 1 fully saturated rings. The summed E-state index contributed by atoms with van der Waals surface area (Å²) in [6.45, 7) is 11.0. The highest BCUT2D eigenvalue weighted by atomic mass is 16.5. The first-order valence-electron chi connectivity index (χ1n) is 6.25. The minimum Gasteiger partial charge on any atom is -0.383 e. The fourth-order valence-electron chi connectivity index (χ4n) is 2.47. The number of hydrogen-bond donors (Lipinski definition) is 1. The summed E-state index contributed by atoms with van der Waals surface area (Å²) in [6.07, 6.45) is 2.21. The lowest BCUT2D eigenvalue weighted by Gasteiger charge is -2.13. The van der Waals surface area contributed by atoms with Crippen LogP contribution in [-0.2, 0) is 9.53 Å². The van der Waals surface area contributed by atoms with Crippen LogP contribution in [0.2, 0.25) is 0 Å². The highest BCUT2D eigenvalue weighted by Crippen LogP contribution is 2.59. The molecule has 3 heteroatoms. The van der Waals surface area contributed by atoms with Gasteiger partial charge in [0.15, 0.2) is 0 Å². The molecule has 1 rings (SSSR count). The molecule has 1 N–H and O–H groups in total. The van der Waals surface area contributed by atoms with Crippen molar-refractivity contribution in [3.8, 4) is 0 Å². The second-order valence-corrected chi connectivity index (χ2v) is 5.93. The maximum atomic E-state index is 12.1. The van der Waals surface area contributed by atoms with Gasteiger partial charge in [-0.25, -0.2) is 0 Å². The summed E-state index contributed by atoms with van der Waals surface area (Å²) in [7, 11) is 1.65. The molecule has 3 atom stereocenters. The van der Waals surface area contributed by atoms with Crippen molar-refractivity contribution in [2.75, 3.05) is 13.7 Å². The van der Waals surface area contributed by atoms with Gasteiger partial charge in [-0.1, -0.05) is 25.5 Å². The molecule has 0 aromatic rings. The van der Waals surface area contributed by atoms with Gasteiger partial charge in [-0.3, -0.25) is 4.79 Å². The average Bonchev–Trinajstić information content (AvgIpc) is 2.66. The van der Waals surface area contributed by atoms with Crippen LogP contribution in [0.1, 0.15) is 34.6 Å². The second-order valence-electron chi connectivity index (χ2n) is 5.93. The first-order chi connectivity index (χ1) is 7.80. The standard InChI is InChI=1S/C14H25NO2/c1-9(2)7-11-12(14(11,4)5)13(16)15-10(3)8-17-6/h7,10-12H,8H2,1-6H3,(H,15,16)/t10-,11+,12+/m0/s1. The van der Waals surface area contributed by atoms with Crippen molar-refractivity contribution in [1.82, 2.24) is 5.32 Å². The van der Waals surface area contributed by atoms with Crippen molar-refractivity contribution in [2.24, 2.45) is 17.3 Å². The quantitative estimate of drug-likeness (QED) is 0.748. The minimum atomic E-state index is 0.0799. The number of amides is 1. The van der Waals surface area contributed by atoms with Gasteiger partial charge in [0.05, 0.1) is 12.5 Å². The smallest absolute Gasteiger partial charge is 0.224 e. The van der Waals surface area contributed by atoms with E-state index in [1.807, 2.05) is 6.92 Å². The zero-order valence-electron chi connectivity index (χ0n) is 11.8. The van der Waals surface area contributed by atoms with Gasteiger partial charge >= 0.3 is 0 Å². The number of hydrogen-bond acceptors (Lipinski definition) is 2. The van der Waals surface area contributed by atoms with E-state index in [0.717, 1.165) is 0 Å². The first-order valence-corrected chi connectivity index (χ1v) is 6.25. The lowest BCUT2D eigenvalue weighted by atomic mass is 10.1. The van der Waals surface area contributed by atoms with Gasteiger partial charge in [-0.15, -0.1) is 0 Å². The van der Waals surface area contributed by atoms with E-state index in [-0.39, 0.29) is 23.3 Å². The number of carbonyl (C=O) groups excluding carboxylic acids is 1. The Morgan fingerprint density at radius 2 is 2.06 bits per heavy atom. The van der Waals surface area contributed by atoms with Crippen LogP contribution in [0.3, 0.4) is 0 Å². The lowest BCUT2D eigenvalue weighted by Crippen LogP contribution is -2.37. The molecule has 0 radical (unpaired) electrons. The molecule has 0 saturated heterocycles. The Labute approximate surface area is 105 Å². The maximum Gasteiger partial charge on any atom is 0.224 e. The van der Waals surface area contributed by atoms with Crippen LogP contribution in [0.4, 0.5) is 0 Å². The Morgan fingerprint density at radius 1 is 1.47 bits per heavy atom. The fourth-order valence-corrected chi connectivity index (χ4v) is 2.47. The number of nitrogens with one attached hydrogen (secondary N) is 1. The molecule has 0 aromatic heterocycles. The third-order valence-electron chi connectivity index (χ3n) is 3.51. The number of rotatable bonds is 5. The van der Waals surface area contributed by atoms with E-state index in [0.29, 0.717) is 12.5 Å². The van der Waals surface area contributed by atoms with Gasteiger partial charge in [0.1, 0.15) is 0 Å². The molecule has 0 aliphatic heterocycles. The van der Waals surface area contributed by atoms with Crippen molar-refractivity contribution in [3.63, 3.8) is 0 Å². The molecule has 0 spiro atoms. The normalized spacial score (nSPS) is 27.2. The van der Waals surface area contributed by atoms with Crippen molar-refractivity contribution >= 4 is 5.91 Å². The predicted molar refractivity (Wildman–Crippen MR) is 69.7 cm³/mol. The zero-order chi connectivity index (χ0) is 13.2. The van der Waals surface area contributed by atoms with Crippen LogP contribution in [0.15, 0.2) is 11.6 Å². The van der Waals surface area contributed by atoms with Crippen LogP contribution >= 0.6 is 0 Å². The van der Waals surface area contributed by atoms with Gasteiger partial charge < -0.3 is 10.1 Å². The van der Waals surface area contributed by atoms with Gasteiger partial charge in [-0.2, -0.15) is 0 Å². The predicted octanol–water partition coefficient (Wildman–Crippen LogP) is 2.38. The van der Waals surface area contributed by atoms with Gasteiger partial charge in [0.25, 0.3) is 0 Å². The molecule has 1 aliphatic carbocycles. The van der Waals surface area contributed by atoms with Crippen LogP contribution in [-0.4, -0.2) is 25.7 Å². The van der Waals surface area contributed by atoms with Crippen LogP contribution in [0.25, 0.3) is 0 Å². The molecule has 1 amide bonds. The van der Waals surface area contributed by atoms with Crippen LogP contribution in [0.5, 0.6) is 0 Å². The molecular formula is C14H25NO2. The SMILES string of the molecule is COC[C@H](C)NC(=O)[C@H]1[C@@H](C=C(C)C)C1(C)C. The number of methoxy groups -OCH3 is 1. The van der Waals surface area contributed by atoms with Gasteiger partial charge in [0.2, 0.25) is 5.91 Å². The Bertz CT molecular complexity index is 316. The molecule has 17 heavy (non-hydrogen) atoms. The molecule has 1 saturated carbocycles. The maximum absolute atomic E-state index is 12.1. The summed E-state index contributed by atoms with van der Waals surface area (Å²) in [6, 6.07) is 0.0799. The topological polar surface area (TPSA) is 38.3 Å². The highest BCUT2D eigenvalue weighted by molar-refractivity contribution is 5.83. The number of ether oxygens (including phenoxy) is 1. The number of carbonyl (C=O) groups is 1. The van der Waals surface area contributed by atoms with Crippen molar-refractivity contribution in [1.29, 1.82) is 0 Å². The molecular weight excluding hydrogens is 214 g/mol. The van der Waals surface area contributed by atoms with E-state index in [2.05, 4.69) is 39.1 Å².